The molecule has 3 aromatic carbocycles. The predicted molar refractivity (Wildman–Crippen MR) is 135 cm³/mol. The number of benzene rings is 3. The van der Waals surface area contributed by atoms with Crippen LogP contribution in [0.3, 0.4) is 0 Å². The summed E-state index contributed by atoms with van der Waals surface area (Å²) < 4.78 is 0. The molecule has 1 heteroatoms. The average molecular weight is 394 g/mol. The lowest BCUT2D eigenvalue weighted by Gasteiger charge is -2.26. The first kappa shape index (κ1) is 21.0. The van der Waals surface area contributed by atoms with Gasteiger partial charge in [-0.15, -0.1) is 0 Å². The molecule has 0 unspecified atom stereocenters. The Balaban J connectivity index is 2.10. The summed E-state index contributed by atoms with van der Waals surface area (Å²) in [6.07, 6.45) is 0. The fraction of sp³-hybridized carbons (Fsp3) is 0.379. The monoisotopic (exact) mass is 394 g/mol. The Kier molecular flexibility index (Phi) is 5.43. The summed E-state index contributed by atoms with van der Waals surface area (Å²) in [5.41, 5.74) is 14.6. The first-order valence-electron chi connectivity index (χ1n) is 11.6. The van der Waals surface area contributed by atoms with Gasteiger partial charge in [-0.05, 0) is 59.4 Å². The van der Waals surface area contributed by atoms with Crippen molar-refractivity contribution in [2.45, 2.75) is 73.1 Å². The van der Waals surface area contributed by atoms with Crippen molar-refractivity contribution in [1.29, 1.82) is 0 Å². The molecule has 0 saturated heterocycles. The topological polar surface area (TPSA) is 0 Å². The van der Waals surface area contributed by atoms with E-state index in [2.05, 4.69) is 104 Å². The fourth-order valence-electron chi connectivity index (χ4n) is 5.16. The summed E-state index contributed by atoms with van der Waals surface area (Å²) in [7, 11) is 0. The largest absolute Gasteiger partial charge is 0.243 e. The third-order valence-corrected chi connectivity index (χ3v) is 6.79. The third kappa shape index (κ3) is 3.43. The number of hydrogen-bond donors (Lipinski definition) is 0. The maximum absolute atomic E-state index is 2.50. The molecule has 4 rings (SSSR count). The van der Waals surface area contributed by atoms with Gasteiger partial charge in [0.2, 0.25) is 6.71 Å². The molecule has 0 amide bonds. The van der Waals surface area contributed by atoms with Crippen LogP contribution in [0.4, 0.5) is 0 Å². The van der Waals surface area contributed by atoms with Gasteiger partial charge >= 0.3 is 0 Å². The van der Waals surface area contributed by atoms with E-state index in [-0.39, 0.29) is 0 Å². The van der Waals surface area contributed by atoms with Gasteiger partial charge < -0.3 is 0 Å². The summed E-state index contributed by atoms with van der Waals surface area (Å²) in [4.78, 5) is 0. The molecular weight excluding hydrogens is 359 g/mol. The Morgan fingerprint density at radius 3 is 1.37 bits per heavy atom. The lowest BCUT2D eigenvalue weighted by Crippen LogP contribution is -2.52. The highest BCUT2D eigenvalue weighted by Gasteiger charge is 2.37. The molecule has 0 bridgehead atoms. The van der Waals surface area contributed by atoms with Crippen LogP contribution in [0, 0.1) is 13.8 Å². The van der Waals surface area contributed by atoms with Crippen molar-refractivity contribution >= 4 is 23.1 Å². The van der Waals surface area contributed by atoms with Gasteiger partial charge in [-0.2, -0.15) is 0 Å². The minimum Gasteiger partial charge on any atom is -0.0634 e. The van der Waals surface area contributed by atoms with E-state index in [1.807, 2.05) is 0 Å². The van der Waals surface area contributed by atoms with Crippen molar-refractivity contribution in [3.05, 3.63) is 76.3 Å². The van der Waals surface area contributed by atoms with E-state index < -0.39 is 0 Å². The molecule has 0 nitrogen and oxygen atoms in total. The summed E-state index contributed by atoms with van der Waals surface area (Å²) in [5, 5.41) is 0. The molecule has 1 aliphatic heterocycles. The van der Waals surface area contributed by atoms with Gasteiger partial charge in [-0.25, -0.2) is 0 Å². The number of fused-ring (bicyclic) bond motifs is 3. The minimum absolute atomic E-state index is 0.325. The molecule has 1 heterocycles. The molecule has 0 aliphatic carbocycles. The predicted octanol–water partition coefficient (Wildman–Crippen LogP) is 6.17. The van der Waals surface area contributed by atoms with Gasteiger partial charge in [-0.1, -0.05) is 118 Å². The molecule has 0 aromatic heterocycles. The van der Waals surface area contributed by atoms with E-state index in [4.69, 9.17) is 0 Å². The van der Waals surface area contributed by atoms with Crippen molar-refractivity contribution in [3.8, 4) is 11.1 Å². The SMILES string of the molecule is Cc1ccc2c(c1)B(c1c(C(C)C)cc(C(C)C)cc1C(C)C)c1cc(C)ccc1-2. The van der Waals surface area contributed by atoms with Crippen molar-refractivity contribution in [2.75, 3.05) is 0 Å². The van der Waals surface area contributed by atoms with Crippen LogP contribution >= 0.6 is 0 Å². The van der Waals surface area contributed by atoms with Gasteiger partial charge in [0.1, 0.15) is 0 Å². The Morgan fingerprint density at radius 2 is 1.00 bits per heavy atom. The number of aryl methyl sites for hydroxylation is 2. The standard InChI is InChI=1S/C29H35B/c1-17(2)22-15-25(18(3)4)29(26(16-22)19(5)6)30-27-13-20(7)9-11-23(27)24-12-10-21(8)14-28(24)30/h9-19H,1-8H3. The summed E-state index contributed by atoms with van der Waals surface area (Å²) in [6, 6.07) is 19.1. The second-order valence-corrected chi connectivity index (χ2v) is 10.2. The van der Waals surface area contributed by atoms with Gasteiger partial charge in [-0.3, -0.25) is 0 Å². The molecule has 0 radical (unpaired) electrons. The summed E-state index contributed by atoms with van der Waals surface area (Å²) >= 11 is 0. The molecule has 0 N–H and O–H groups in total. The van der Waals surface area contributed by atoms with E-state index in [1.165, 1.54) is 49.9 Å². The lowest BCUT2D eigenvalue weighted by molar-refractivity contribution is 0.812. The van der Waals surface area contributed by atoms with Crippen molar-refractivity contribution in [1.82, 2.24) is 0 Å². The zero-order valence-corrected chi connectivity index (χ0v) is 19.9. The molecule has 0 saturated carbocycles. The van der Waals surface area contributed by atoms with E-state index in [0.717, 1.165) is 0 Å². The molecule has 1 aliphatic rings. The van der Waals surface area contributed by atoms with Crippen LogP contribution in [-0.2, 0) is 0 Å². The van der Waals surface area contributed by atoms with Crippen molar-refractivity contribution in [2.24, 2.45) is 0 Å². The summed E-state index contributed by atoms with van der Waals surface area (Å²) in [5.74, 6) is 1.54. The zero-order chi connectivity index (χ0) is 21.7. The fourth-order valence-corrected chi connectivity index (χ4v) is 5.16. The molecule has 30 heavy (non-hydrogen) atoms. The Labute approximate surface area is 183 Å². The highest BCUT2D eigenvalue weighted by Crippen LogP contribution is 2.30. The number of rotatable bonds is 4. The van der Waals surface area contributed by atoms with Crippen LogP contribution in [-0.4, -0.2) is 6.71 Å². The van der Waals surface area contributed by atoms with Crippen LogP contribution in [0.5, 0.6) is 0 Å². The maximum Gasteiger partial charge on any atom is 0.243 e. The molecule has 0 fully saturated rings. The van der Waals surface area contributed by atoms with Gasteiger partial charge in [0.15, 0.2) is 0 Å². The van der Waals surface area contributed by atoms with Crippen LogP contribution in [0.2, 0.25) is 0 Å². The lowest BCUT2D eigenvalue weighted by atomic mass is 9.36. The Morgan fingerprint density at radius 1 is 0.567 bits per heavy atom. The minimum atomic E-state index is 0.325. The smallest absolute Gasteiger partial charge is 0.0634 e. The zero-order valence-electron chi connectivity index (χ0n) is 19.9. The van der Waals surface area contributed by atoms with E-state index in [9.17, 15) is 0 Å². The molecule has 3 aromatic rings. The van der Waals surface area contributed by atoms with Crippen LogP contribution in [0.15, 0.2) is 48.5 Å². The van der Waals surface area contributed by atoms with E-state index in [1.54, 1.807) is 5.46 Å². The maximum atomic E-state index is 2.50. The average Bonchev–Trinajstić information content (AvgIpc) is 2.98. The van der Waals surface area contributed by atoms with Gasteiger partial charge in [0.05, 0.1) is 0 Å². The Hall–Kier alpha value is -2.28. The van der Waals surface area contributed by atoms with Gasteiger partial charge in [0, 0.05) is 0 Å². The first-order valence-corrected chi connectivity index (χ1v) is 11.6. The molecule has 154 valence electrons. The molecule has 0 atom stereocenters. The van der Waals surface area contributed by atoms with E-state index >= 15 is 0 Å². The Bertz CT molecular complexity index is 1020. The van der Waals surface area contributed by atoms with Crippen LogP contribution < -0.4 is 16.4 Å². The second kappa shape index (κ2) is 7.76. The van der Waals surface area contributed by atoms with Crippen molar-refractivity contribution < 1.29 is 0 Å². The number of hydrogen-bond acceptors (Lipinski definition) is 0. The normalized spacial score (nSPS) is 12.8. The second-order valence-electron chi connectivity index (χ2n) is 10.2. The quantitative estimate of drug-likeness (QED) is 0.363. The van der Waals surface area contributed by atoms with Crippen LogP contribution in [0.25, 0.3) is 11.1 Å². The highest BCUT2D eigenvalue weighted by atomic mass is 14.2. The van der Waals surface area contributed by atoms with Crippen LogP contribution in [0.1, 0.15) is 87.1 Å². The highest BCUT2D eigenvalue weighted by molar-refractivity contribution is 6.99. The van der Waals surface area contributed by atoms with Crippen molar-refractivity contribution in [3.63, 3.8) is 0 Å². The molecular formula is C29H35B. The third-order valence-electron chi connectivity index (χ3n) is 6.79. The van der Waals surface area contributed by atoms with Gasteiger partial charge in [0.25, 0.3) is 0 Å². The molecule has 0 spiro atoms. The summed E-state index contributed by atoms with van der Waals surface area (Å²) in [6.45, 7) is 18.8. The van der Waals surface area contributed by atoms with E-state index in [0.29, 0.717) is 24.5 Å². The first-order chi connectivity index (χ1) is 14.2.